The van der Waals surface area contributed by atoms with E-state index in [1.165, 1.54) is 11.1 Å². The molecule has 0 radical (unpaired) electrons. The van der Waals surface area contributed by atoms with Crippen LogP contribution in [-0.4, -0.2) is 23.2 Å². The maximum absolute atomic E-state index is 12.2. The minimum Gasteiger partial charge on any atom is -0.383 e. The second-order valence-electron chi connectivity index (χ2n) is 3.69. The highest BCUT2D eigenvalue weighted by molar-refractivity contribution is 6.08. The van der Waals surface area contributed by atoms with Crippen molar-refractivity contribution in [2.75, 3.05) is 17.7 Å². The smallest absolute Gasteiger partial charge is 0.263 e. The number of nitrogens with two attached hydrogens (primary N) is 1. The van der Waals surface area contributed by atoms with E-state index in [1.807, 2.05) is 6.07 Å². The van der Waals surface area contributed by atoms with E-state index in [9.17, 15) is 4.79 Å². The van der Waals surface area contributed by atoms with Crippen molar-refractivity contribution >= 4 is 17.4 Å². The summed E-state index contributed by atoms with van der Waals surface area (Å²) in [6, 6.07) is 8.90. The first kappa shape index (κ1) is 11.7. The first-order valence-corrected chi connectivity index (χ1v) is 5.21. The summed E-state index contributed by atoms with van der Waals surface area (Å²) >= 11 is 0. The Labute approximate surface area is 104 Å². The van der Waals surface area contributed by atoms with Crippen molar-refractivity contribution in [2.45, 2.75) is 0 Å². The molecule has 18 heavy (non-hydrogen) atoms. The topological polar surface area (TPSA) is 98.8 Å². The van der Waals surface area contributed by atoms with Crippen LogP contribution in [0.1, 0.15) is 15.9 Å². The summed E-state index contributed by atoms with van der Waals surface area (Å²) in [6.45, 7) is 0. The molecule has 0 aliphatic heterocycles. The normalized spacial score (nSPS) is 9.78. The molecule has 1 heterocycles. The van der Waals surface area contributed by atoms with Crippen molar-refractivity contribution < 1.29 is 4.79 Å². The van der Waals surface area contributed by atoms with Gasteiger partial charge in [-0.25, -0.2) is 0 Å². The van der Waals surface area contributed by atoms with Gasteiger partial charge in [0.15, 0.2) is 0 Å². The summed E-state index contributed by atoms with van der Waals surface area (Å²) in [7, 11) is 1.59. The highest BCUT2D eigenvalue weighted by atomic mass is 16.2. The number of hydrogen-bond donors (Lipinski definition) is 2. The van der Waals surface area contributed by atoms with Crippen molar-refractivity contribution in [3.05, 3.63) is 41.6 Å². The number of H-pyrrole nitrogens is 1. The number of anilines is 2. The van der Waals surface area contributed by atoms with E-state index in [1.54, 1.807) is 31.3 Å². The van der Waals surface area contributed by atoms with Gasteiger partial charge in [-0.2, -0.15) is 10.4 Å². The number of nitrogens with one attached hydrogen (secondary N) is 1. The first-order chi connectivity index (χ1) is 8.65. The highest BCUT2D eigenvalue weighted by Gasteiger charge is 2.19. The standard InChI is InChI=1S/C12H11N5O/c1-17(10-5-3-2-4-8(10)6-13)12(18)9-7-15-16-11(9)14/h2-5,7H,1H3,(H3,14,15,16). The number of amides is 1. The molecule has 1 aromatic heterocycles. The highest BCUT2D eigenvalue weighted by Crippen LogP contribution is 2.21. The summed E-state index contributed by atoms with van der Waals surface area (Å²) in [4.78, 5) is 13.5. The maximum Gasteiger partial charge on any atom is 0.263 e. The van der Waals surface area contributed by atoms with Gasteiger partial charge in [0.05, 0.1) is 17.4 Å². The predicted octanol–water partition coefficient (Wildman–Crippen LogP) is 1.14. The van der Waals surface area contributed by atoms with E-state index in [0.717, 1.165) is 0 Å². The molecule has 0 atom stereocenters. The molecule has 0 spiro atoms. The van der Waals surface area contributed by atoms with Crippen LogP contribution < -0.4 is 10.6 Å². The van der Waals surface area contributed by atoms with Crippen LogP contribution in [0, 0.1) is 11.3 Å². The number of para-hydroxylation sites is 1. The summed E-state index contributed by atoms with van der Waals surface area (Å²) in [5, 5.41) is 15.2. The molecule has 0 fully saturated rings. The monoisotopic (exact) mass is 241 g/mol. The van der Waals surface area contributed by atoms with Gasteiger partial charge in [0.2, 0.25) is 0 Å². The molecule has 0 saturated heterocycles. The van der Waals surface area contributed by atoms with Crippen LogP contribution in [0.3, 0.4) is 0 Å². The Bertz CT molecular complexity index is 625. The molecule has 2 aromatic rings. The summed E-state index contributed by atoms with van der Waals surface area (Å²) < 4.78 is 0. The number of carbonyl (C=O) groups is 1. The lowest BCUT2D eigenvalue weighted by Crippen LogP contribution is -2.27. The number of carbonyl (C=O) groups excluding carboxylic acids is 1. The van der Waals surface area contributed by atoms with Gasteiger partial charge in [0.25, 0.3) is 5.91 Å². The van der Waals surface area contributed by atoms with Crippen LogP contribution in [0.2, 0.25) is 0 Å². The van der Waals surface area contributed by atoms with Gasteiger partial charge in [-0.1, -0.05) is 12.1 Å². The van der Waals surface area contributed by atoms with Crippen molar-refractivity contribution in [1.29, 1.82) is 5.26 Å². The van der Waals surface area contributed by atoms with Crippen LogP contribution in [0.15, 0.2) is 30.5 Å². The zero-order chi connectivity index (χ0) is 13.1. The second kappa shape index (κ2) is 4.59. The number of nitrogens with zero attached hydrogens (tertiary/aromatic N) is 3. The molecule has 0 bridgehead atoms. The molecule has 0 aliphatic carbocycles. The summed E-state index contributed by atoms with van der Waals surface area (Å²) in [6.07, 6.45) is 1.36. The minimum absolute atomic E-state index is 0.210. The fraction of sp³-hybridized carbons (Fsp3) is 0.0833. The third-order valence-corrected chi connectivity index (χ3v) is 2.59. The molecule has 2 rings (SSSR count). The Kier molecular flexibility index (Phi) is 2.98. The minimum atomic E-state index is -0.316. The lowest BCUT2D eigenvalue weighted by Gasteiger charge is -2.17. The molecular formula is C12H11N5O. The zero-order valence-electron chi connectivity index (χ0n) is 9.71. The summed E-state index contributed by atoms with van der Waals surface area (Å²) in [5.74, 6) is -0.106. The van der Waals surface area contributed by atoms with E-state index in [-0.39, 0.29) is 17.3 Å². The van der Waals surface area contributed by atoms with E-state index in [4.69, 9.17) is 11.0 Å². The molecule has 3 N–H and O–H groups in total. The average Bonchev–Trinajstić information content (AvgIpc) is 2.83. The first-order valence-electron chi connectivity index (χ1n) is 5.21. The molecule has 6 nitrogen and oxygen atoms in total. The number of aromatic amines is 1. The lowest BCUT2D eigenvalue weighted by atomic mass is 10.1. The largest absolute Gasteiger partial charge is 0.383 e. The molecular weight excluding hydrogens is 230 g/mol. The maximum atomic E-state index is 12.2. The van der Waals surface area contributed by atoms with E-state index in [0.29, 0.717) is 11.3 Å². The van der Waals surface area contributed by atoms with Gasteiger partial charge < -0.3 is 10.6 Å². The van der Waals surface area contributed by atoms with Crippen molar-refractivity contribution in [3.8, 4) is 6.07 Å². The fourth-order valence-electron chi connectivity index (χ4n) is 1.62. The van der Waals surface area contributed by atoms with Gasteiger partial charge in [0, 0.05) is 7.05 Å². The molecule has 1 amide bonds. The number of benzene rings is 1. The van der Waals surface area contributed by atoms with E-state index in [2.05, 4.69) is 10.2 Å². The molecule has 1 aromatic carbocycles. The Morgan fingerprint density at radius 2 is 2.22 bits per heavy atom. The number of rotatable bonds is 2. The average molecular weight is 241 g/mol. The van der Waals surface area contributed by atoms with Crippen LogP contribution in [-0.2, 0) is 0 Å². The molecule has 6 heteroatoms. The zero-order valence-corrected chi connectivity index (χ0v) is 9.71. The van der Waals surface area contributed by atoms with Crippen LogP contribution in [0.5, 0.6) is 0 Å². The van der Waals surface area contributed by atoms with Crippen LogP contribution in [0.25, 0.3) is 0 Å². The molecule has 0 aliphatic rings. The third kappa shape index (κ3) is 1.89. The predicted molar refractivity (Wildman–Crippen MR) is 66.9 cm³/mol. The summed E-state index contributed by atoms with van der Waals surface area (Å²) in [5.41, 5.74) is 6.84. The fourth-order valence-corrected chi connectivity index (χ4v) is 1.62. The quantitative estimate of drug-likeness (QED) is 0.823. The molecule has 0 saturated carbocycles. The lowest BCUT2D eigenvalue weighted by molar-refractivity contribution is 0.0994. The number of hydrogen-bond acceptors (Lipinski definition) is 4. The molecule has 0 unspecified atom stereocenters. The Balaban J connectivity index is 2.38. The Hall–Kier alpha value is -2.81. The SMILES string of the molecule is CN(C(=O)c1cn[nH]c1N)c1ccccc1C#N. The van der Waals surface area contributed by atoms with Crippen LogP contribution in [0.4, 0.5) is 11.5 Å². The van der Waals surface area contributed by atoms with Crippen molar-refractivity contribution in [2.24, 2.45) is 0 Å². The molecule has 90 valence electrons. The van der Waals surface area contributed by atoms with E-state index < -0.39 is 0 Å². The number of nitrogen functional groups attached to an aromatic ring is 1. The van der Waals surface area contributed by atoms with Gasteiger partial charge in [0.1, 0.15) is 17.5 Å². The third-order valence-electron chi connectivity index (χ3n) is 2.59. The van der Waals surface area contributed by atoms with E-state index >= 15 is 0 Å². The van der Waals surface area contributed by atoms with Crippen molar-refractivity contribution in [3.63, 3.8) is 0 Å². The van der Waals surface area contributed by atoms with Crippen molar-refractivity contribution in [1.82, 2.24) is 10.2 Å². The van der Waals surface area contributed by atoms with Gasteiger partial charge in [-0.05, 0) is 12.1 Å². The van der Waals surface area contributed by atoms with Crippen LogP contribution >= 0.6 is 0 Å². The Morgan fingerprint density at radius 1 is 1.50 bits per heavy atom. The van der Waals surface area contributed by atoms with Gasteiger partial charge in [-0.3, -0.25) is 9.89 Å². The van der Waals surface area contributed by atoms with Gasteiger partial charge >= 0.3 is 0 Å². The number of aromatic nitrogens is 2. The Morgan fingerprint density at radius 3 is 2.83 bits per heavy atom. The number of nitriles is 1. The van der Waals surface area contributed by atoms with Gasteiger partial charge in [-0.15, -0.1) is 0 Å². The second-order valence-corrected chi connectivity index (χ2v) is 3.69.